The van der Waals surface area contributed by atoms with Crippen LogP contribution in [0.3, 0.4) is 0 Å². The number of hydrogen-bond donors (Lipinski definition) is 1. The van der Waals surface area contributed by atoms with E-state index in [1.54, 1.807) is 18.0 Å². The molecule has 2 aromatic carbocycles. The number of nitrogens with zero attached hydrogens (tertiary/aromatic N) is 3. The number of nitrogens with one attached hydrogen (secondary N) is 1. The molecule has 0 radical (unpaired) electrons. The van der Waals surface area contributed by atoms with Gasteiger partial charge in [-0.15, -0.1) is 0 Å². The van der Waals surface area contributed by atoms with Gasteiger partial charge in [0.1, 0.15) is 0 Å². The highest BCUT2D eigenvalue weighted by atomic mass is 35.5. The van der Waals surface area contributed by atoms with Crippen LogP contribution in [0.1, 0.15) is 36.4 Å². The summed E-state index contributed by atoms with van der Waals surface area (Å²) in [5.74, 6) is 0.516. The van der Waals surface area contributed by atoms with E-state index in [9.17, 15) is 14.4 Å². The van der Waals surface area contributed by atoms with Gasteiger partial charge in [-0.3, -0.25) is 14.5 Å². The number of carbonyl (C=O) groups is 3. The number of carbonyl (C=O) groups excluding carboxylic acids is 3. The van der Waals surface area contributed by atoms with Gasteiger partial charge in [0.2, 0.25) is 5.91 Å². The molecule has 0 aromatic heterocycles. The predicted molar refractivity (Wildman–Crippen MR) is 138 cm³/mol. The molecule has 188 valence electrons. The van der Waals surface area contributed by atoms with E-state index in [1.165, 1.54) is 10.5 Å². The Labute approximate surface area is 216 Å². The van der Waals surface area contributed by atoms with Crippen LogP contribution in [0, 0.1) is 5.92 Å². The Morgan fingerprint density at radius 3 is 2.44 bits per heavy atom. The van der Waals surface area contributed by atoms with E-state index < -0.39 is 6.04 Å². The molecule has 3 heterocycles. The molecule has 7 nitrogen and oxygen atoms in total. The number of benzene rings is 2. The maximum atomic E-state index is 13.4. The third-order valence-corrected chi connectivity index (χ3v) is 7.93. The van der Waals surface area contributed by atoms with E-state index in [4.69, 9.17) is 11.6 Å². The van der Waals surface area contributed by atoms with Crippen LogP contribution in [0.2, 0.25) is 5.02 Å². The second-order valence-corrected chi connectivity index (χ2v) is 10.2. The third kappa shape index (κ3) is 4.85. The van der Waals surface area contributed by atoms with Crippen molar-refractivity contribution in [2.75, 3.05) is 33.2 Å². The molecule has 1 saturated heterocycles. The van der Waals surface area contributed by atoms with Gasteiger partial charge in [-0.25, -0.2) is 4.79 Å². The zero-order valence-electron chi connectivity index (χ0n) is 20.5. The zero-order chi connectivity index (χ0) is 25.2. The number of hydrogen-bond acceptors (Lipinski definition) is 3. The number of amides is 4. The van der Waals surface area contributed by atoms with E-state index >= 15 is 0 Å². The van der Waals surface area contributed by atoms with Crippen molar-refractivity contribution in [1.82, 2.24) is 20.0 Å². The average molecular weight is 507 g/mol. The Morgan fingerprint density at radius 2 is 1.72 bits per heavy atom. The molecule has 0 unspecified atom stereocenters. The van der Waals surface area contributed by atoms with Crippen molar-refractivity contribution in [2.24, 2.45) is 5.92 Å². The number of likely N-dealkylation sites (tertiary alicyclic amines) is 1. The number of rotatable bonds is 6. The largest absolute Gasteiger partial charge is 0.343 e. The molecule has 8 heteroatoms. The fraction of sp³-hybridized carbons (Fsp3) is 0.393. The van der Waals surface area contributed by atoms with Gasteiger partial charge in [0.15, 0.2) is 0 Å². The Kier molecular flexibility index (Phi) is 7.01. The standard InChI is InChI=1S/C28H31ClN4O3/c1-31-23-18-33(27(35)25(23)26(30-28(31)36)21-9-5-6-10-22(21)29)16-13-24(34)32-14-11-20(12-15-32)17-19-7-3-2-4-8-19/h2-10,20,26H,11-18H2,1H3,(H,30,36)/t26-/m1/s1. The summed E-state index contributed by atoms with van der Waals surface area (Å²) in [5.41, 5.74) is 3.24. The van der Waals surface area contributed by atoms with Gasteiger partial charge in [-0.1, -0.05) is 60.1 Å². The first-order chi connectivity index (χ1) is 17.4. The first-order valence-corrected chi connectivity index (χ1v) is 12.9. The highest BCUT2D eigenvalue weighted by Gasteiger charge is 2.43. The molecule has 0 spiro atoms. The van der Waals surface area contributed by atoms with Crippen LogP contribution < -0.4 is 5.32 Å². The maximum absolute atomic E-state index is 13.4. The van der Waals surface area contributed by atoms with E-state index in [0.29, 0.717) is 40.9 Å². The van der Waals surface area contributed by atoms with Gasteiger partial charge in [0.05, 0.1) is 23.9 Å². The summed E-state index contributed by atoms with van der Waals surface area (Å²) < 4.78 is 0. The minimum Gasteiger partial charge on any atom is -0.343 e. The molecule has 1 atom stereocenters. The third-order valence-electron chi connectivity index (χ3n) is 7.58. The molecule has 3 aliphatic rings. The molecule has 1 fully saturated rings. The molecule has 2 aromatic rings. The van der Waals surface area contributed by atoms with Gasteiger partial charge >= 0.3 is 6.03 Å². The van der Waals surface area contributed by atoms with E-state index in [0.717, 1.165) is 32.4 Å². The molecule has 0 saturated carbocycles. The normalized spacial score (nSPS) is 20.6. The van der Waals surface area contributed by atoms with Crippen molar-refractivity contribution in [1.29, 1.82) is 0 Å². The van der Waals surface area contributed by atoms with Crippen molar-refractivity contribution >= 4 is 29.4 Å². The summed E-state index contributed by atoms with van der Waals surface area (Å²) >= 11 is 6.40. The lowest BCUT2D eigenvalue weighted by Gasteiger charge is -2.32. The Bertz CT molecular complexity index is 1190. The minimum absolute atomic E-state index is 0.0797. The van der Waals surface area contributed by atoms with Gasteiger partial charge in [0.25, 0.3) is 5.91 Å². The molecule has 4 amide bonds. The van der Waals surface area contributed by atoms with Crippen molar-refractivity contribution in [2.45, 2.75) is 31.7 Å². The van der Waals surface area contributed by atoms with E-state index in [1.807, 2.05) is 29.2 Å². The topological polar surface area (TPSA) is 73.0 Å². The average Bonchev–Trinajstić information content (AvgIpc) is 3.22. The number of urea groups is 1. The first-order valence-electron chi connectivity index (χ1n) is 12.5. The molecule has 0 bridgehead atoms. The Balaban J connectivity index is 1.18. The van der Waals surface area contributed by atoms with Crippen molar-refractivity contribution in [3.05, 3.63) is 82.0 Å². The summed E-state index contributed by atoms with van der Waals surface area (Å²) in [7, 11) is 1.66. The summed E-state index contributed by atoms with van der Waals surface area (Å²) in [6, 6.07) is 16.8. The zero-order valence-corrected chi connectivity index (χ0v) is 21.2. The highest BCUT2D eigenvalue weighted by molar-refractivity contribution is 6.31. The SMILES string of the molecule is CN1C(=O)N[C@H](c2ccccc2Cl)C2=C1CN(CCC(=O)N1CCC(Cc3ccccc3)CC1)C2=O. The maximum Gasteiger partial charge on any atom is 0.322 e. The molecule has 0 aliphatic carbocycles. The highest BCUT2D eigenvalue weighted by Crippen LogP contribution is 2.38. The second-order valence-electron chi connectivity index (χ2n) is 9.81. The fourth-order valence-corrected chi connectivity index (χ4v) is 5.71. The fourth-order valence-electron chi connectivity index (χ4n) is 5.47. The molecule has 36 heavy (non-hydrogen) atoms. The molecular weight excluding hydrogens is 476 g/mol. The van der Waals surface area contributed by atoms with Gasteiger partial charge < -0.3 is 15.1 Å². The quantitative estimate of drug-likeness (QED) is 0.643. The van der Waals surface area contributed by atoms with Crippen LogP contribution >= 0.6 is 11.6 Å². The Morgan fingerprint density at radius 1 is 1.03 bits per heavy atom. The van der Waals surface area contributed by atoms with Crippen LogP contribution in [0.15, 0.2) is 65.9 Å². The lowest BCUT2D eigenvalue weighted by molar-refractivity contribution is -0.133. The molecule has 3 aliphatic heterocycles. The van der Waals surface area contributed by atoms with Gasteiger partial charge in [-0.2, -0.15) is 0 Å². The van der Waals surface area contributed by atoms with Crippen LogP contribution in [0.25, 0.3) is 0 Å². The Hall–Kier alpha value is -3.32. The van der Waals surface area contributed by atoms with Crippen molar-refractivity contribution < 1.29 is 14.4 Å². The van der Waals surface area contributed by atoms with Crippen molar-refractivity contribution in [3.63, 3.8) is 0 Å². The number of likely N-dealkylation sites (N-methyl/N-ethyl adjacent to an activating group) is 1. The van der Waals surface area contributed by atoms with Crippen LogP contribution in [-0.4, -0.2) is 65.8 Å². The number of halogens is 1. The van der Waals surface area contributed by atoms with Crippen molar-refractivity contribution in [3.8, 4) is 0 Å². The van der Waals surface area contributed by atoms with Crippen LogP contribution in [0.4, 0.5) is 4.79 Å². The second kappa shape index (κ2) is 10.3. The minimum atomic E-state index is -0.603. The summed E-state index contributed by atoms with van der Waals surface area (Å²) in [5, 5.41) is 3.40. The number of piperidine rings is 1. The lowest BCUT2D eigenvalue weighted by Crippen LogP contribution is -2.45. The smallest absolute Gasteiger partial charge is 0.322 e. The van der Waals surface area contributed by atoms with E-state index in [-0.39, 0.29) is 24.3 Å². The lowest BCUT2D eigenvalue weighted by atomic mass is 9.90. The molecular formula is C28H31ClN4O3. The predicted octanol–water partition coefficient (Wildman–Crippen LogP) is 4.00. The van der Waals surface area contributed by atoms with Gasteiger partial charge in [-0.05, 0) is 42.4 Å². The van der Waals surface area contributed by atoms with Crippen LogP contribution in [0.5, 0.6) is 0 Å². The summed E-state index contributed by atoms with van der Waals surface area (Å²) in [6.45, 7) is 2.15. The first kappa shape index (κ1) is 24.4. The molecule has 5 rings (SSSR count). The van der Waals surface area contributed by atoms with Gasteiger partial charge in [0, 0.05) is 38.1 Å². The monoisotopic (exact) mass is 506 g/mol. The van der Waals surface area contributed by atoms with Crippen LogP contribution in [-0.2, 0) is 16.0 Å². The summed E-state index contributed by atoms with van der Waals surface area (Å²) in [6.07, 6.45) is 3.32. The van der Waals surface area contributed by atoms with E-state index in [2.05, 4.69) is 29.6 Å². The summed E-state index contributed by atoms with van der Waals surface area (Å²) in [4.78, 5) is 44.1. The molecule has 1 N–H and O–H groups in total.